The van der Waals surface area contributed by atoms with E-state index in [1.54, 1.807) is 18.2 Å². The monoisotopic (exact) mass is 275 g/mol. The van der Waals surface area contributed by atoms with E-state index < -0.39 is 0 Å². The zero-order chi connectivity index (χ0) is 13.7. The molecule has 0 saturated heterocycles. The van der Waals surface area contributed by atoms with Gasteiger partial charge in [-0.2, -0.15) is 0 Å². The van der Waals surface area contributed by atoms with Gasteiger partial charge in [0.25, 0.3) is 0 Å². The van der Waals surface area contributed by atoms with Gasteiger partial charge in [-0.25, -0.2) is 0 Å². The lowest BCUT2D eigenvalue weighted by molar-refractivity contribution is 0.306. The summed E-state index contributed by atoms with van der Waals surface area (Å²) in [6.45, 7) is 2.51. The summed E-state index contributed by atoms with van der Waals surface area (Å²) in [4.78, 5) is 0. The Morgan fingerprint density at radius 1 is 1.21 bits per heavy atom. The highest BCUT2D eigenvalue weighted by atomic mass is 35.5. The van der Waals surface area contributed by atoms with Crippen LogP contribution in [0.4, 0.5) is 0 Å². The molecule has 1 N–H and O–H groups in total. The van der Waals surface area contributed by atoms with E-state index in [2.05, 4.69) is 5.16 Å². The fraction of sp³-hybridized carbons (Fsp3) is 0.133. The highest BCUT2D eigenvalue weighted by molar-refractivity contribution is 6.32. The van der Waals surface area contributed by atoms with Crippen LogP contribution in [0.1, 0.15) is 16.7 Å². The third-order valence-corrected chi connectivity index (χ3v) is 2.97. The number of halogens is 1. The molecule has 0 aliphatic rings. The van der Waals surface area contributed by atoms with Gasteiger partial charge in [0.15, 0.2) is 0 Å². The van der Waals surface area contributed by atoms with Crippen LogP contribution in [0, 0.1) is 6.92 Å². The maximum Gasteiger partial charge on any atom is 0.138 e. The Kier molecular flexibility index (Phi) is 4.42. The number of hydrogen-bond donors (Lipinski definition) is 1. The molecular weight excluding hydrogens is 262 g/mol. The number of oxime groups is 1. The largest absolute Gasteiger partial charge is 0.487 e. The van der Waals surface area contributed by atoms with E-state index in [1.165, 1.54) is 11.8 Å². The van der Waals surface area contributed by atoms with Crippen molar-refractivity contribution in [1.82, 2.24) is 0 Å². The van der Waals surface area contributed by atoms with Gasteiger partial charge in [-0.05, 0) is 36.2 Å². The fourth-order valence-electron chi connectivity index (χ4n) is 1.63. The van der Waals surface area contributed by atoms with Crippen LogP contribution in [0.3, 0.4) is 0 Å². The second kappa shape index (κ2) is 6.25. The summed E-state index contributed by atoms with van der Waals surface area (Å²) < 4.78 is 5.66. The van der Waals surface area contributed by atoms with E-state index in [9.17, 15) is 0 Å². The van der Waals surface area contributed by atoms with Crippen molar-refractivity contribution < 1.29 is 9.94 Å². The molecule has 0 radical (unpaired) electrons. The molecular formula is C15H14ClNO2. The van der Waals surface area contributed by atoms with Gasteiger partial charge in [0.1, 0.15) is 12.4 Å². The summed E-state index contributed by atoms with van der Waals surface area (Å²) >= 11 is 6.09. The Morgan fingerprint density at radius 2 is 1.95 bits per heavy atom. The van der Waals surface area contributed by atoms with Crippen LogP contribution in [-0.2, 0) is 6.61 Å². The van der Waals surface area contributed by atoms with Gasteiger partial charge in [-0.3, -0.25) is 0 Å². The van der Waals surface area contributed by atoms with E-state index in [1.807, 2.05) is 31.2 Å². The number of benzene rings is 2. The van der Waals surface area contributed by atoms with Crippen LogP contribution in [0.25, 0.3) is 0 Å². The quantitative estimate of drug-likeness (QED) is 0.520. The van der Waals surface area contributed by atoms with Gasteiger partial charge in [-0.15, -0.1) is 0 Å². The SMILES string of the molecule is Cc1ccc(COc2ccc(/C=N\O)cc2Cl)cc1. The average molecular weight is 276 g/mol. The van der Waals surface area contributed by atoms with E-state index in [4.69, 9.17) is 21.5 Å². The molecule has 19 heavy (non-hydrogen) atoms. The summed E-state index contributed by atoms with van der Waals surface area (Å²) in [5.41, 5.74) is 3.02. The lowest BCUT2D eigenvalue weighted by Crippen LogP contribution is -1.96. The molecule has 3 nitrogen and oxygen atoms in total. The summed E-state index contributed by atoms with van der Waals surface area (Å²) in [6.07, 6.45) is 1.32. The predicted molar refractivity (Wildman–Crippen MR) is 76.3 cm³/mol. The number of aryl methyl sites for hydroxylation is 1. The molecule has 0 spiro atoms. The number of nitrogens with zero attached hydrogens (tertiary/aromatic N) is 1. The van der Waals surface area contributed by atoms with Crippen molar-refractivity contribution in [2.75, 3.05) is 0 Å². The smallest absolute Gasteiger partial charge is 0.138 e. The predicted octanol–water partition coefficient (Wildman–Crippen LogP) is 4.04. The number of ether oxygens (including phenoxy) is 1. The topological polar surface area (TPSA) is 41.8 Å². The molecule has 2 aromatic rings. The minimum atomic E-state index is 0.466. The van der Waals surface area contributed by atoms with Gasteiger partial charge in [0.2, 0.25) is 0 Å². The van der Waals surface area contributed by atoms with Crippen LogP contribution in [0.5, 0.6) is 5.75 Å². The zero-order valence-corrected chi connectivity index (χ0v) is 11.3. The zero-order valence-electron chi connectivity index (χ0n) is 10.5. The van der Waals surface area contributed by atoms with E-state index in [-0.39, 0.29) is 0 Å². The molecule has 0 saturated carbocycles. The Hall–Kier alpha value is -2.00. The Balaban J connectivity index is 2.05. The molecule has 0 heterocycles. The molecule has 2 rings (SSSR count). The van der Waals surface area contributed by atoms with Gasteiger partial charge < -0.3 is 9.94 Å². The van der Waals surface area contributed by atoms with Gasteiger partial charge in [0.05, 0.1) is 11.2 Å². The number of hydrogen-bond acceptors (Lipinski definition) is 3. The molecule has 98 valence electrons. The van der Waals surface area contributed by atoms with Gasteiger partial charge >= 0.3 is 0 Å². The normalized spacial score (nSPS) is 10.8. The van der Waals surface area contributed by atoms with Crippen LogP contribution >= 0.6 is 11.6 Å². The van der Waals surface area contributed by atoms with E-state index >= 15 is 0 Å². The van der Waals surface area contributed by atoms with Crippen molar-refractivity contribution in [3.05, 3.63) is 64.2 Å². The molecule has 4 heteroatoms. The Labute approximate surface area is 117 Å². The third kappa shape index (κ3) is 3.73. The van der Waals surface area contributed by atoms with Crippen molar-refractivity contribution in [3.8, 4) is 5.75 Å². The minimum Gasteiger partial charge on any atom is -0.487 e. The summed E-state index contributed by atoms with van der Waals surface area (Å²) in [5, 5.41) is 11.9. The molecule has 0 aliphatic carbocycles. The maximum absolute atomic E-state index is 8.45. The average Bonchev–Trinajstić information content (AvgIpc) is 2.40. The molecule has 0 fully saturated rings. The van der Waals surface area contributed by atoms with Crippen molar-refractivity contribution in [3.63, 3.8) is 0 Å². The van der Waals surface area contributed by atoms with Crippen molar-refractivity contribution in [2.45, 2.75) is 13.5 Å². The van der Waals surface area contributed by atoms with Gasteiger partial charge in [0, 0.05) is 0 Å². The fourth-order valence-corrected chi connectivity index (χ4v) is 1.87. The Morgan fingerprint density at radius 3 is 2.58 bits per heavy atom. The highest BCUT2D eigenvalue weighted by Gasteiger charge is 2.03. The first-order valence-corrected chi connectivity index (χ1v) is 6.22. The van der Waals surface area contributed by atoms with Crippen molar-refractivity contribution in [2.24, 2.45) is 5.16 Å². The number of rotatable bonds is 4. The van der Waals surface area contributed by atoms with Crippen LogP contribution in [0.15, 0.2) is 47.6 Å². The molecule has 0 aromatic heterocycles. The lowest BCUT2D eigenvalue weighted by atomic mass is 10.2. The molecule has 0 bridgehead atoms. The van der Waals surface area contributed by atoms with Crippen LogP contribution < -0.4 is 4.74 Å². The highest BCUT2D eigenvalue weighted by Crippen LogP contribution is 2.25. The molecule has 0 aliphatic heterocycles. The van der Waals surface area contributed by atoms with Crippen molar-refractivity contribution in [1.29, 1.82) is 0 Å². The Bertz CT molecular complexity index is 579. The molecule has 0 atom stereocenters. The lowest BCUT2D eigenvalue weighted by Gasteiger charge is -2.08. The van der Waals surface area contributed by atoms with Crippen LogP contribution in [0.2, 0.25) is 5.02 Å². The maximum atomic E-state index is 8.45. The summed E-state index contributed by atoms with van der Waals surface area (Å²) in [7, 11) is 0. The van der Waals surface area contributed by atoms with E-state index in [0.29, 0.717) is 17.4 Å². The first-order chi connectivity index (χ1) is 9.19. The first-order valence-electron chi connectivity index (χ1n) is 5.84. The van der Waals surface area contributed by atoms with Crippen LogP contribution in [-0.4, -0.2) is 11.4 Å². The molecule has 0 amide bonds. The van der Waals surface area contributed by atoms with Gasteiger partial charge in [-0.1, -0.05) is 46.6 Å². The minimum absolute atomic E-state index is 0.466. The summed E-state index contributed by atoms with van der Waals surface area (Å²) in [6, 6.07) is 13.4. The van der Waals surface area contributed by atoms with Crippen molar-refractivity contribution >= 4 is 17.8 Å². The molecule has 0 unspecified atom stereocenters. The van der Waals surface area contributed by atoms with E-state index in [0.717, 1.165) is 11.1 Å². The third-order valence-electron chi connectivity index (χ3n) is 2.68. The second-order valence-electron chi connectivity index (χ2n) is 4.21. The summed E-state index contributed by atoms with van der Waals surface area (Å²) in [5.74, 6) is 0.609. The first kappa shape index (κ1) is 13.4. The molecule has 2 aromatic carbocycles. The second-order valence-corrected chi connectivity index (χ2v) is 4.62. The standard InChI is InChI=1S/C15H14ClNO2/c1-11-2-4-12(5-3-11)10-19-15-7-6-13(9-17-18)8-14(15)16/h2-9,18H,10H2,1H3/b17-9-.